The molecule has 0 aliphatic carbocycles. The van der Waals surface area contributed by atoms with Gasteiger partial charge >= 0.3 is 0 Å². The van der Waals surface area contributed by atoms with Crippen molar-refractivity contribution >= 4 is 11.4 Å². The van der Waals surface area contributed by atoms with Gasteiger partial charge in [-0.15, -0.1) is 0 Å². The monoisotopic (exact) mass is 279 g/mol. The Morgan fingerprint density at radius 1 is 1.38 bits per heavy atom. The summed E-state index contributed by atoms with van der Waals surface area (Å²) in [4.78, 5) is 6.40. The maximum absolute atomic E-state index is 9.11. The van der Waals surface area contributed by atoms with Gasteiger partial charge in [-0.05, 0) is 42.8 Å². The highest BCUT2D eigenvalue weighted by Gasteiger charge is 2.19. The van der Waals surface area contributed by atoms with Gasteiger partial charge in [-0.3, -0.25) is 4.98 Å². The number of rotatable bonds is 1. The molecule has 106 valence electrons. The summed E-state index contributed by atoms with van der Waals surface area (Å²) in [6.45, 7) is 3.52. The van der Waals surface area contributed by atoms with Gasteiger partial charge in [-0.25, -0.2) is 0 Å². The number of nitrogens with zero attached hydrogens (tertiary/aromatic N) is 3. The number of ether oxygens (including phenoxy) is 1. The van der Waals surface area contributed by atoms with Crippen molar-refractivity contribution in [2.24, 2.45) is 0 Å². The third-order valence-corrected chi connectivity index (χ3v) is 3.68. The van der Waals surface area contributed by atoms with Crippen LogP contribution in [0.25, 0.3) is 0 Å². The van der Waals surface area contributed by atoms with Crippen molar-refractivity contribution in [1.82, 2.24) is 4.98 Å². The molecule has 2 heterocycles. The van der Waals surface area contributed by atoms with Gasteiger partial charge in [0.25, 0.3) is 0 Å². The Labute approximate surface area is 124 Å². The summed E-state index contributed by atoms with van der Waals surface area (Å²) in [6.07, 6.45) is 4.59. The molecule has 1 atom stereocenters. The van der Waals surface area contributed by atoms with Crippen LogP contribution in [0, 0.1) is 11.3 Å². The third kappa shape index (κ3) is 2.88. The number of hydrogen-bond acceptors (Lipinski definition) is 4. The van der Waals surface area contributed by atoms with Crippen LogP contribution in [0.3, 0.4) is 0 Å². The van der Waals surface area contributed by atoms with Crippen LogP contribution < -0.4 is 4.90 Å². The summed E-state index contributed by atoms with van der Waals surface area (Å²) in [5.41, 5.74) is 4.01. The lowest BCUT2D eigenvalue weighted by Gasteiger charge is -2.31. The maximum atomic E-state index is 9.11. The Hall–Kier alpha value is -2.38. The minimum absolute atomic E-state index is 0.161. The first-order valence-electron chi connectivity index (χ1n) is 7.10. The first-order chi connectivity index (χ1) is 10.3. The molecule has 0 bridgehead atoms. The van der Waals surface area contributed by atoms with Crippen molar-refractivity contribution < 1.29 is 4.74 Å². The smallest absolute Gasteiger partial charge is 0.0991 e. The number of benzene rings is 1. The van der Waals surface area contributed by atoms with E-state index in [9.17, 15) is 0 Å². The fourth-order valence-electron chi connectivity index (χ4n) is 2.70. The SMILES string of the molecule is CC1Cc2cc(C#N)ccc2N(c2cccnc2)CCO1. The van der Waals surface area contributed by atoms with Crippen molar-refractivity contribution in [3.05, 3.63) is 53.9 Å². The fourth-order valence-corrected chi connectivity index (χ4v) is 2.70. The number of aromatic nitrogens is 1. The molecule has 4 heteroatoms. The molecule has 1 aromatic carbocycles. The molecule has 4 nitrogen and oxygen atoms in total. The Morgan fingerprint density at radius 3 is 3.05 bits per heavy atom. The van der Waals surface area contributed by atoms with Gasteiger partial charge < -0.3 is 9.64 Å². The molecule has 1 unspecified atom stereocenters. The van der Waals surface area contributed by atoms with Crippen LogP contribution in [0.2, 0.25) is 0 Å². The Bertz CT molecular complexity index is 663. The van der Waals surface area contributed by atoms with Crippen LogP contribution >= 0.6 is 0 Å². The average Bonchev–Trinajstić information content (AvgIpc) is 2.51. The third-order valence-electron chi connectivity index (χ3n) is 3.68. The van der Waals surface area contributed by atoms with E-state index < -0.39 is 0 Å². The molecule has 0 amide bonds. The van der Waals surface area contributed by atoms with E-state index in [-0.39, 0.29) is 6.10 Å². The molecule has 3 rings (SSSR count). The van der Waals surface area contributed by atoms with Crippen molar-refractivity contribution in [2.45, 2.75) is 19.4 Å². The second-order valence-corrected chi connectivity index (χ2v) is 5.20. The van der Waals surface area contributed by atoms with E-state index in [1.807, 2.05) is 36.5 Å². The topological polar surface area (TPSA) is 49.2 Å². The van der Waals surface area contributed by atoms with Crippen LogP contribution in [-0.2, 0) is 11.2 Å². The van der Waals surface area contributed by atoms with E-state index in [0.29, 0.717) is 12.2 Å². The predicted molar refractivity (Wildman–Crippen MR) is 81.5 cm³/mol. The highest BCUT2D eigenvalue weighted by Crippen LogP contribution is 2.31. The summed E-state index contributed by atoms with van der Waals surface area (Å²) in [5, 5.41) is 9.11. The van der Waals surface area contributed by atoms with Gasteiger partial charge in [0.05, 0.1) is 36.2 Å². The average molecular weight is 279 g/mol. The van der Waals surface area contributed by atoms with E-state index in [4.69, 9.17) is 10.00 Å². The van der Waals surface area contributed by atoms with E-state index >= 15 is 0 Å². The zero-order chi connectivity index (χ0) is 14.7. The molecule has 0 spiro atoms. The zero-order valence-electron chi connectivity index (χ0n) is 12.0. The van der Waals surface area contributed by atoms with Crippen LogP contribution in [-0.4, -0.2) is 24.2 Å². The number of hydrogen-bond donors (Lipinski definition) is 0. The van der Waals surface area contributed by atoms with E-state index in [2.05, 4.69) is 22.9 Å². The Morgan fingerprint density at radius 2 is 2.29 bits per heavy atom. The Kier molecular flexibility index (Phi) is 3.85. The number of fused-ring (bicyclic) bond motifs is 1. The van der Waals surface area contributed by atoms with E-state index in [1.165, 1.54) is 0 Å². The Balaban J connectivity index is 2.08. The minimum atomic E-state index is 0.161. The van der Waals surface area contributed by atoms with Crippen LogP contribution in [0.1, 0.15) is 18.1 Å². The molecule has 0 radical (unpaired) electrons. The number of anilines is 2. The molecule has 1 aliphatic rings. The molecular weight excluding hydrogens is 262 g/mol. The summed E-state index contributed by atoms with van der Waals surface area (Å²) < 4.78 is 5.82. The van der Waals surface area contributed by atoms with Crippen LogP contribution in [0.4, 0.5) is 11.4 Å². The molecule has 0 saturated carbocycles. The highest BCUT2D eigenvalue weighted by molar-refractivity contribution is 5.67. The maximum Gasteiger partial charge on any atom is 0.0991 e. The summed E-state index contributed by atoms with van der Waals surface area (Å²) in [5.74, 6) is 0. The minimum Gasteiger partial charge on any atom is -0.376 e. The van der Waals surface area contributed by atoms with Crippen molar-refractivity contribution in [1.29, 1.82) is 5.26 Å². The van der Waals surface area contributed by atoms with Crippen molar-refractivity contribution in [2.75, 3.05) is 18.1 Å². The standard InChI is InChI=1S/C17H17N3O/c1-13-9-15-10-14(11-18)4-5-17(15)20(7-8-21-13)16-3-2-6-19-12-16/h2-6,10,12-13H,7-9H2,1H3. The van der Waals surface area contributed by atoms with Gasteiger partial charge in [-0.1, -0.05) is 0 Å². The molecule has 1 aliphatic heterocycles. The lowest BCUT2D eigenvalue weighted by molar-refractivity contribution is 0.0703. The fraction of sp³-hybridized carbons (Fsp3) is 0.294. The van der Waals surface area contributed by atoms with Crippen LogP contribution in [0.5, 0.6) is 0 Å². The normalized spacial score (nSPS) is 18.3. The lowest BCUT2D eigenvalue weighted by Crippen LogP contribution is -2.29. The molecule has 0 fully saturated rings. The van der Waals surface area contributed by atoms with Crippen LogP contribution in [0.15, 0.2) is 42.7 Å². The largest absolute Gasteiger partial charge is 0.376 e. The summed E-state index contributed by atoms with van der Waals surface area (Å²) >= 11 is 0. The second kappa shape index (κ2) is 5.94. The lowest BCUT2D eigenvalue weighted by atomic mass is 10.0. The number of nitriles is 1. The van der Waals surface area contributed by atoms with E-state index in [0.717, 1.165) is 29.9 Å². The van der Waals surface area contributed by atoms with Gasteiger partial charge in [0.2, 0.25) is 0 Å². The molecule has 2 aromatic rings. The van der Waals surface area contributed by atoms with Gasteiger partial charge in [-0.2, -0.15) is 5.26 Å². The van der Waals surface area contributed by atoms with E-state index in [1.54, 1.807) is 6.20 Å². The zero-order valence-corrected chi connectivity index (χ0v) is 12.0. The quantitative estimate of drug-likeness (QED) is 0.805. The molecule has 21 heavy (non-hydrogen) atoms. The first kappa shape index (κ1) is 13.6. The van der Waals surface area contributed by atoms with Crippen molar-refractivity contribution in [3.63, 3.8) is 0 Å². The van der Waals surface area contributed by atoms with Gasteiger partial charge in [0.1, 0.15) is 0 Å². The molecule has 0 saturated heterocycles. The molecule has 1 aromatic heterocycles. The molecule has 0 N–H and O–H groups in total. The predicted octanol–water partition coefficient (Wildman–Crippen LogP) is 3.05. The van der Waals surface area contributed by atoms with Crippen molar-refractivity contribution in [3.8, 4) is 6.07 Å². The van der Waals surface area contributed by atoms with Gasteiger partial charge in [0.15, 0.2) is 0 Å². The van der Waals surface area contributed by atoms with Gasteiger partial charge in [0, 0.05) is 24.8 Å². The number of pyridine rings is 1. The molecular formula is C17H17N3O. The first-order valence-corrected chi connectivity index (χ1v) is 7.10. The summed E-state index contributed by atoms with van der Waals surface area (Å²) in [6, 6.07) is 12.0. The summed E-state index contributed by atoms with van der Waals surface area (Å²) in [7, 11) is 0. The second-order valence-electron chi connectivity index (χ2n) is 5.20. The highest BCUT2D eigenvalue weighted by atomic mass is 16.5.